The van der Waals surface area contributed by atoms with Gasteiger partial charge in [-0.2, -0.15) is 10.1 Å². The van der Waals surface area contributed by atoms with Crippen molar-refractivity contribution in [2.75, 3.05) is 17.6 Å². The third-order valence-corrected chi connectivity index (χ3v) is 2.85. The van der Waals surface area contributed by atoms with Gasteiger partial charge in [-0.25, -0.2) is 0 Å². The standard InChI is InChI=1S/C12H20N6O/c1-4-5-9-11(13)12(18(3)16-9)14-7-6-10-15-8(2)17-19-10/h14H,4-7,13H2,1-3H3. The zero-order valence-electron chi connectivity index (χ0n) is 11.6. The van der Waals surface area contributed by atoms with Crippen molar-refractivity contribution in [1.29, 1.82) is 0 Å². The summed E-state index contributed by atoms with van der Waals surface area (Å²) in [4.78, 5) is 4.15. The van der Waals surface area contributed by atoms with Gasteiger partial charge in [0.2, 0.25) is 5.89 Å². The van der Waals surface area contributed by atoms with Crippen molar-refractivity contribution in [3.63, 3.8) is 0 Å². The van der Waals surface area contributed by atoms with Crippen LogP contribution in [0.1, 0.15) is 30.8 Å². The summed E-state index contributed by atoms with van der Waals surface area (Å²) < 4.78 is 6.83. The highest BCUT2D eigenvalue weighted by Crippen LogP contribution is 2.22. The molecule has 2 aromatic heterocycles. The van der Waals surface area contributed by atoms with Crippen LogP contribution in [0.3, 0.4) is 0 Å². The van der Waals surface area contributed by atoms with Gasteiger partial charge >= 0.3 is 0 Å². The largest absolute Gasteiger partial charge is 0.394 e. The molecule has 2 heterocycles. The molecular formula is C12H20N6O. The first-order valence-corrected chi connectivity index (χ1v) is 6.46. The van der Waals surface area contributed by atoms with Crippen LogP contribution in [-0.4, -0.2) is 26.5 Å². The number of aryl methyl sites for hydroxylation is 3. The summed E-state index contributed by atoms with van der Waals surface area (Å²) in [5.41, 5.74) is 7.75. The van der Waals surface area contributed by atoms with Crippen molar-refractivity contribution >= 4 is 11.5 Å². The molecule has 7 nitrogen and oxygen atoms in total. The molecule has 0 saturated heterocycles. The monoisotopic (exact) mass is 264 g/mol. The van der Waals surface area contributed by atoms with Gasteiger partial charge in [-0.15, -0.1) is 0 Å². The lowest BCUT2D eigenvalue weighted by Gasteiger charge is -2.05. The minimum absolute atomic E-state index is 0.625. The Kier molecular flexibility index (Phi) is 4.03. The maximum Gasteiger partial charge on any atom is 0.228 e. The smallest absolute Gasteiger partial charge is 0.228 e. The average Bonchev–Trinajstić information content (AvgIpc) is 2.89. The van der Waals surface area contributed by atoms with Crippen LogP contribution in [0.15, 0.2) is 4.52 Å². The van der Waals surface area contributed by atoms with Crippen molar-refractivity contribution in [1.82, 2.24) is 19.9 Å². The highest BCUT2D eigenvalue weighted by molar-refractivity contribution is 5.65. The van der Waals surface area contributed by atoms with Crippen molar-refractivity contribution in [3.8, 4) is 0 Å². The number of rotatable bonds is 6. The van der Waals surface area contributed by atoms with Gasteiger partial charge in [0.05, 0.1) is 11.4 Å². The summed E-state index contributed by atoms with van der Waals surface area (Å²) in [7, 11) is 1.88. The van der Waals surface area contributed by atoms with Crippen LogP contribution in [0.5, 0.6) is 0 Å². The lowest BCUT2D eigenvalue weighted by Crippen LogP contribution is -2.10. The van der Waals surface area contributed by atoms with Gasteiger partial charge in [-0.05, 0) is 13.3 Å². The summed E-state index contributed by atoms with van der Waals surface area (Å²) in [6, 6.07) is 0. The van der Waals surface area contributed by atoms with Crippen molar-refractivity contribution in [2.24, 2.45) is 7.05 Å². The lowest BCUT2D eigenvalue weighted by molar-refractivity contribution is 0.377. The van der Waals surface area contributed by atoms with E-state index in [2.05, 4.69) is 27.5 Å². The predicted octanol–water partition coefficient (Wildman–Crippen LogP) is 1.30. The molecular weight excluding hydrogens is 244 g/mol. The fourth-order valence-electron chi connectivity index (χ4n) is 1.96. The van der Waals surface area contributed by atoms with Crippen LogP contribution in [0, 0.1) is 6.92 Å². The molecule has 0 aromatic carbocycles. The highest BCUT2D eigenvalue weighted by Gasteiger charge is 2.12. The van der Waals surface area contributed by atoms with E-state index in [0.717, 1.165) is 30.0 Å². The molecule has 2 rings (SSSR count). The molecule has 0 fully saturated rings. The van der Waals surface area contributed by atoms with Crippen LogP contribution in [0.4, 0.5) is 11.5 Å². The van der Waals surface area contributed by atoms with Crippen molar-refractivity contribution in [2.45, 2.75) is 33.1 Å². The number of nitrogen functional groups attached to an aromatic ring is 1. The number of nitrogens with one attached hydrogen (secondary N) is 1. The van der Waals surface area contributed by atoms with Gasteiger partial charge < -0.3 is 15.6 Å². The molecule has 0 aliphatic carbocycles. The first-order chi connectivity index (χ1) is 9.11. The van der Waals surface area contributed by atoms with Gasteiger partial charge in [0.15, 0.2) is 5.82 Å². The zero-order chi connectivity index (χ0) is 13.8. The summed E-state index contributed by atoms with van der Waals surface area (Å²) in [6.45, 7) is 4.59. The molecule has 0 atom stereocenters. The predicted molar refractivity (Wildman–Crippen MR) is 72.8 cm³/mol. The van der Waals surface area contributed by atoms with Gasteiger partial charge in [-0.3, -0.25) is 4.68 Å². The third-order valence-electron chi connectivity index (χ3n) is 2.85. The number of anilines is 2. The Morgan fingerprint density at radius 1 is 1.37 bits per heavy atom. The van der Waals surface area contributed by atoms with E-state index in [1.165, 1.54) is 0 Å². The van der Waals surface area contributed by atoms with Crippen molar-refractivity contribution in [3.05, 3.63) is 17.4 Å². The van der Waals surface area contributed by atoms with Crippen LogP contribution in [0.2, 0.25) is 0 Å². The number of nitrogens with two attached hydrogens (primary N) is 1. The van der Waals surface area contributed by atoms with Crippen LogP contribution < -0.4 is 11.1 Å². The van der Waals surface area contributed by atoms with Crippen molar-refractivity contribution < 1.29 is 4.52 Å². The first-order valence-electron chi connectivity index (χ1n) is 6.46. The Labute approximate surface area is 112 Å². The quantitative estimate of drug-likeness (QED) is 0.816. The highest BCUT2D eigenvalue weighted by atomic mass is 16.5. The topological polar surface area (TPSA) is 94.8 Å². The van der Waals surface area contributed by atoms with Crippen LogP contribution in [-0.2, 0) is 19.9 Å². The average molecular weight is 264 g/mol. The third kappa shape index (κ3) is 3.04. The minimum atomic E-state index is 0.625. The Hall–Kier alpha value is -2.05. The normalized spacial score (nSPS) is 10.9. The zero-order valence-corrected chi connectivity index (χ0v) is 11.6. The maximum atomic E-state index is 6.08. The second-order valence-electron chi connectivity index (χ2n) is 4.49. The Bertz CT molecular complexity index is 544. The Balaban J connectivity index is 1.95. The minimum Gasteiger partial charge on any atom is -0.394 e. The fourth-order valence-corrected chi connectivity index (χ4v) is 1.96. The maximum absolute atomic E-state index is 6.08. The van der Waals surface area contributed by atoms with E-state index in [1.807, 2.05) is 7.05 Å². The van der Waals surface area contributed by atoms with E-state index in [-0.39, 0.29) is 0 Å². The molecule has 2 aromatic rings. The van der Waals surface area contributed by atoms with Crippen LogP contribution >= 0.6 is 0 Å². The van der Waals surface area contributed by atoms with E-state index >= 15 is 0 Å². The molecule has 19 heavy (non-hydrogen) atoms. The molecule has 0 bridgehead atoms. The SMILES string of the molecule is CCCc1nn(C)c(NCCc2nc(C)no2)c1N. The number of hydrogen-bond donors (Lipinski definition) is 2. The summed E-state index contributed by atoms with van der Waals surface area (Å²) in [5.74, 6) is 2.12. The van der Waals surface area contributed by atoms with Gasteiger partial charge in [-0.1, -0.05) is 18.5 Å². The number of hydrogen-bond acceptors (Lipinski definition) is 6. The molecule has 0 aliphatic heterocycles. The van der Waals surface area contributed by atoms with E-state index < -0.39 is 0 Å². The molecule has 104 valence electrons. The van der Waals surface area contributed by atoms with E-state index in [0.29, 0.717) is 24.7 Å². The van der Waals surface area contributed by atoms with Gasteiger partial charge in [0.25, 0.3) is 0 Å². The van der Waals surface area contributed by atoms with E-state index in [9.17, 15) is 0 Å². The summed E-state index contributed by atoms with van der Waals surface area (Å²) in [6.07, 6.45) is 2.58. The van der Waals surface area contributed by atoms with Gasteiger partial charge in [0.1, 0.15) is 5.82 Å². The first kappa shape index (κ1) is 13.4. The molecule has 0 unspecified atom stereocenters. The summed E-state index contributed by atoms with van der Waals surface area (Å²) >= 11 is 0. The molecule has 3 N–H and O–H groups in total. The molecule has 0 aliphatic rings. The second kappa shape index (κ2) is 5.73. The van der Waals surface area contributed by atoms with E-state index in [4.69, 9.17) is 10.3 Å². The molecule has 7 heteroatoms. The van der Waals surface area contributed by atoms with E-state index in [1.54, 1.807) is 11.6 Å². The molecule has 0 spiro atoms. The Morgan fingerprint density at radius 2 is 2.16 bits per heavy atom. The Morgan fingerprint density at radius 3 is 2.79 bits per heavy atom. The molecule has 0 radical (unpaired) electrons. The van der Waals surface area contributed by atoms with Crippen LogP contribution in [0.25, 0.3) is 0 Å². The second-order valence-corrected chi connectivity index (χ2v) is 4.49. The molecule has 0 saturated carbocycles. The number of nitrogens with zero attached hydrogens (tertiary/aromatic N) is 4. The number of aromatic nitrogens is 4. The lowest BCUT2D eigenvalue weighted by atomic mass is 10.2. The van der Waals surface area contributed by atoms with Gasteiger partial charge in [0, 0.05) is 20.0 Å². The molecule has 0 amide bonds. The fraction of sp³-hybridized carbons (Fsp3) is 0.583. The summed E-state index contributed by atoms with van der Waals surface area (Å²) in [5, 5.41) is 11.4.